The molecule has 4 heteroatoms. The normalized spacial score (nSPS) is 15.8. The quantitative estimate of drug-likeness (QED) is 0.268. The molecule has 1 atom stereocenters. The Hall–Kier alpha value is -5.14. The molecule has 1 unspecified atom stereocenters. The van der Waals surface area contributed by atoms with Crippen LogP contribution in [-0.4, -0.2) is 6.02 Å². The Kier molecular flexibility index (Phi) is 4.87. The molecule has 0 fully saturated rings. The molecule has 0 N–H and O–H groups in total. The van der Waals surface area contributed by atoms with Gasteiger partial charge in [0, 0.05) is 5.39 Å². The van der Waals surface area contributed by atoms with Crippen LogP contribution in [0.3, 0.4) is 0 Å². The van der Waals surface area contributed by atoms with Gasteiger partial charge in [0.15, 0.2) is 5.75 Å². The molecule has 0 aliphatic carbocycles. The summed E-state index contributed by atoms with van der Waals surface area (Å²) < 4.78 is 6.19. The molecule has 0 saturated carbocycles. The lowest BCUT2D eigenvalue weighted by atomic mass is 9.94. The van der Waals surface area contributed by atoms with Crippen molar-refractivity contribution in [2.45, 2.75) is 6.04 Å². The van der Waals surface area contributed by atoms with E-state index >= 15 is 0 Å². The lowest BCUT2D eigenvalue weighted by Crippen LogP contribution is -2.31. The van der Waals surface area contributed by atoms with Crippen LogP contribution in [-0.2, 0) is 0 Å². The maximum Gasteiger partial charge on any atom is 0.303 e. The summed E-state index contributed by atoms with van der Waals surface area (Å²) in [5.41, 5.74) is 7.15. The molecule has 5 aromatic rings. The van der Waals surface area contributed by atoms with Crippen LogP contribution in [0.15, 0.2) is 126 Å². The standard InChI is InChI=1S/C33H21N3O/c34-21-25-18-19-27(28-11-5-4-10-26(25)28)22-14-16-23(17-15-22)29-20-31(24-8-2-1-3-9-24)36-30-12-6-7-13-32(30)37-33(36)35-29/h1-20,29H. The third-order valence-electron chi connectivity index (χ3n) is 6.98. The fourth-order valence-electron chi connectivity index (χ4n) is 5.19. The largest absolute Gasteiger partial charge is 0.423 e. The summed E-state index contributed by atoms with van der Waals surface area (Å²) in [4.78, 5) is 7.08. The van der Waals surface area contributed by atoms with Crippen LogP contribution in [0.2, 0.25) is 0 Å². The van der Waals surface area contributed by atoms with E-state index in [1.807, 2.05) is 54.6 Å². The molecular weight excluding hydrogens is 454 g/mol. The molecule has 5 aromatic carbocycles. The summed E-state index contributed by atoms with van der Waals surface area (Å²) in [6.07, 6.45) is 2.20. The number of aliphatic imine (C=N–C) groups is 1. The van der Waals surface area contributed by atoms with E-state index in [1.165, 1.54) is 0 Å². The van der Waals surface area contributed by atoms with Gasteiger partial charge in [-0.3, -0.25) is 4.90 Å². The molecule has 2 aliphatic rings. The third-order valence-corrected chi connectivity index (χ3v) is 6.98. The average molecular weight is 476 g/mol. The zero-order valence-corrected chi connectivity index (χ0v) is 19.9. The van der Waals surface area contributed by atoms with Crippen molar-refractivity contribution >= 4 is 28.2 Å². The van der Waals surface area contributed by atoms with Gasteiger partial charge < -0.3 is 4.74 Å². The van der Waals surface area contributed by atoms with E-state index in [0.29, 0.717) is 11.6 Å². The molecule has 7 rings (SSSR count). The second kappa shape index (κ2) is 8.51. The Bertz CT molecular complexity index is 1760. The Morgan fingerprint density at radius 1 is 0.703 bits per heavy atom. The highest BCUT2D eigenvalue weighted by Gasteiger charge is 2.35. The van der Waals surface area contributed by atoms with Gasteiger partial charge in [0.2, 0.25) is 0 Å². The first-order valence-electron chi connectivity index (χ1n) is 12.2. The zero-order chi connectivity index (χ0) is 24.8. The number of amidine groups is 1. The van der Waals surface area contributed by atoms with E-state index in [4.69, 9.17) is 9.73 Å². The fraction of sp³-hybridized carbons (Fsp3) is 0.0303. The monoisotopic (exact) mass is 475 g/mol. The lowest BCUT2D eigenvalue weighted by molar-refractivity contribution is 0.556. The zero-order valence-electron chi connectivity index (χ0n) is 19.9. The van der Waals surface area contributed by atoms with Gasteiger partial charge in [0.05, 0.1) is 23.0 Å². The van der Waals surface area contributed by atoms with Crippen LogP contribution in [0, 0.1) is 11.3 Å². The smallest absolute Gasteiger partial charge is 0.303 e. The lowest BCUT2D eigenvalue weighted by Gasteiger charge is -2.27. The van der Waals surface area contributed by atoms with Crippen LogP contribution in [0.1, 0.15) is 22.7 Å². The Balaban J connectivity index is 1.30. The second-order valence-corrected chi connectivity index (χ2v) is 9.12. The molecule has 0 spiro atoms. The molecule has 4 nitrogen and oxygen atoms in total. The number of rotatable bonds is 3. The van der Waals surface area contributed by atoms with Crippen molar-refractivity contribution < 1.29 is 4.74 Å². The minimum Gasteiger partial charge on any atom is -0.423 e. The molecule has 37 heavy (non-hydrogen) atoms. The summed E-state index contributed by atoms with van der Waals surface area (Å²) in [5.74, 6) is 0.812. The summed E-state index contributed by atoms with van der Waals surface area (Å²) in [5, 5.41) is 11.6. The molecular formula is C33H21N3O. The maximum absolute atomic E-state index is 9.52. The van der Waals surface area contributed by atoms with Gasteiger partial charge in [-0.05, 0) is 51.9 Å². The van der Waals surface area contributed by atoms with E-state index in [0.717, 1.165) is 50.2 Å². The van der Waals surface area contributed by atoms with Crippen LogP contribution in [0.25, 0.3) is 27.6 Å². The number of hydrogen-bond donors (Lipinski definition) is 0. The van der Waals surface area contributed by atoms with Crippen LogP contribution >= 0.6 is 0 Å². The topological polar surface area (TPSA) is 48.6 Å². The number of ether oxygens (including phenoxy) is 1. The van der Waals surface area contributed by atoms with Crippen LogP contribution in [0.5, 0.6) is 5.75 Å². The van der Waals surface area contributed by atoms with Gasteiger partial charge in [0.1, 0.15) is 6.04 Å². The molecule has 0 bridgehead atoms. The van der Waals surface area contributed by atoms with E-state index in [9.17, 15) is 5.26 Å². The van der Waals surface area contributed by atoms with Crippen molar-refractivity contribution in [3.05, 3.63) is 138 Å². The van der Waals surface area contributed by atoms with Crippen LogP contribution in [0.4, 0.5) is 5.69 Å². The fourth-order valence-corrected chi connectivity index (χ4v) is 5.19. The number of fused-ring (bicyclic) bond motifs is 4. The SMILES string of the molecule is N#Cc1ccc(-c2ccc(C3C=C(c4ccccc4)N4C(=N3)Oc3ccccc34)cc2)c2ccccc12. The summed E-state index contributed by atoms with van der Waals surface area (Å²) in [7, 11) is 0. The number of nitriles is 1. The van der Waals surface area contributed by atoms with Gasteiger partial charge in [-0.2, -0.15) is 5.26 Å². The van der Waals surface area contributed by atoms with E-state index in [-0.39, 0.29) is 6.04 Å². The first-order valence-corrected chi connectivity index (χ1v) is 12.2. The van der Waals surface area contributed by atoms with Crippen LogP contribution < -0.4 is 9.64 Å². The maximum atomic E-state index is 9.52. The second-order valence-electron chi connectivity index (χ2n) is 9.12. The van der Waals surface area contributed by atoms with E-state index in [1.54, 1.807) is 0 Å². The van der Waals surface area contributed by atoms with Crippen molar-refractivity contribution in [2.75, 3.05) is 4.90 Å². The molecule has 0 aromatic heterocycles. The van der Waals surface area contributed by atoms with E-state index in [2.05, 4.69) is 77.7 Å². The van der Waals surface area contributed by atoms with Crippen molar-refractivity contribution in [2.24, 2.45) is 4.99 Å². The number of benzene rings is 5. The summed E-state index contributed by atoms with van der Waals surface area (Å²) in [6.45, 7) is 0. The first-order chi connectivity index (χ1) is 18.3. The molecule has 0 saturated heterocycles. The minimum atomic E-state index is -0.178. The summed E-state index contributed by atoms with van der Waals surface area (Å²) in [6, 6.07) is 41.7. The Labute approximate surface area is 215 Å². The van der Waals surface area contributed by atoms with Gasteiger partial charge in [-0.1, -0.05) is 97.1 Å². The number of nitrogens with zero attached hydrogens (tertiary/aromatic N) is 3. The van der Waals surface area contributed by atoms with Gasteiger partial charge >= 0.3 is 6.02 Å². The highest BCUT2D eigenvalue weighted by molar-refractivity contribution is 6.12. The van der Waals surface area contributed by atoms with E-state index < -0.39 is 0 Å². The number of para-hydroxylation sites is 2. The van der Waals surface area contributed by atoms with Gasteiger partial charge in [-0.15, -0.1) is 0 Å². The predicted octanol–water partition coefficient (Wildman–Crippen LogP) is 7.73. The molecule has 2 aliphatic heterocycles. The average Bonchev–Trinajstić information content (AvgIpc) is 3.35. The van der Waals surface area contributed by atoms with Crippen molar-refractivity contribution in [3.8, 4) is 22.9 Å². The molecule has 2 heterocycles. The molecule has 0 radical (unpaired) electrons. The Morgan fingerprint density at radius 3 is 2.24 bits per heavy atom. The Morgan fingerprint density at radius 2 is 1.43 bits per heavy atom. The number of anilines is 1. The number of hydrogen-bond acceptors (Lipinski definition) is 4. The molecule has 0 amide bonds. The van der Waals surface area contributed by atoms with Crippen molar-refractivity contribution in [3.63, 3.8) is 0 Å². The predicted molar refractivity (Wildman–Crippen MR) is 148 cm³/mol. The highest BCUT2D eigenvalue weighted by atomic mass is 16.5. The van der Waals surface area contributed by atoms with Crippen molar-refractivity contribution in [1.82, 2.24) is 0 Å². The molecule has 174 valence electrons. The third kappa shape index (κ3) is 3.49. The van der Waals surface area contributed by atoms with Gasteiger partial charge in [0.25, 0.3) is 0 Å². The minimum absolute atomic E-state index is 0.178. The summed E-state index contributed by atoms with van der Waals surface area (Å²) >= 11 is 0. The highest BCUT2D eigenvalue weighted by Crippen LogP contribution is 2.44. The first kappa shape index (κ1) is 21.2. The van der Waals surface area contributed by atoms with Crippen molar-refractivity contribution in [1.29, 1.82) is 5.26 Å². The van der Waals surface area contributed by atoms with Gasteiger partial charge in [-0.25, -0.2) is 4.99 Å².